The van der Waals surface area contributed by atoms with Crippen molar-refractivity contribution in [1.82, 2.24) is 14.1 Å². The summed E-state index contributed by atoms with van der Waals surface area (Å²) in [4.78, 5) is 16.3. The van der Waals surface area contributed by atoms with Gasteiger partial charge in [0.2, 0.25) is 10.0 Å². The van der Waals surface area contributed by atoms with Crippen molar-refractivity contribution in [2.24, 2.45) is 0 Å². The Bertz CT molecular complexity index is 994. The third-order valence-electron chi connectivity index (χ3n) is 5.43. The molecule has 0 radical (unpaired) electrons. The average Bonchev–Trinajstić information content (AvgIpc) is 2.70. The standard InChI is InChI=1S/C22H29N3O3S/c1-17-8-9-21(14-18(17)2)29(27,28)25-12-10-24(11-13-25)16-19-6-5-7-20(15-19)22(26)23(3)4/h5-9,14-15H,10-13,16H2,1-4H3. The van der Waals surface area contributed by atoms with Crippen LogP contribution in [-0.4, -0.2) is 68.7 Å². The van der Waals surface area contributed by atoms with Gasteiger partial charge < -0.3 is 4.90 Å². The van der Waals surface area contributed by atoms with E-state index in [1.807, 2.05) is 44.2 Å². The number of benzene rings is 2. The van der Waals surface area contributed by atoms with Crippen molar-refractivity contribution in [1.29, 1.82) is 0 Å². The molecule has 0 saturated carbocycles. The molecule has 0 bridgehead atoms. The SMILES string of the molecule is Cc1ccc(S(=O)(=O)N2CCN(Cc3cccc(C(=O)N(C)C)c3)CC2)cc1C. The molecule has 3 rings (SSSR count). The van der Waals surface area contributed by atoms with Gasteiger partial charge in [0.15, 0.2) is 0 Å². The predicted molar refractivity (Wildman–Crippen MR) is 114 cm³/mol. The largest absolute Gasteiger partial charge is 0.345 e. The monoisotopic (exact) mass is 415 g/mol. The number of sulfonamides is 1. The summed E-state index contributed by atoms with van der Waals surface area (Å²) in [7, 11) is 0.0120. The van der Waals surface area contributed by atoms with Crippen LogP contribution in [0.25, 0.3) is 0 Å². The van der Waals surface area contributed by atoms with E-state index in [1.165, 1.54) is 0 Å². The van der Waals surface area contributed by atoms with Gasteiger partial charge in [-0.1, -0.05) is 18.2 Å². The number of rotatable bonds is 5. The fourth-order valence-electron chi connectivity index (χ4n) is 3.47. The minimum absolute atomic E-state index is 0.0175. The van der Waals surface area contributed by atoms with Crippen molar-refractivity contribution in [3.63, 3.8) is 0 Å². The van der Waals surface area contributed by atoms with Crippen LogP contribution in [0.15, 0.2) is 47.4 Å². The highest BCUT2D eigenvalue weighted by Crippen LogP contribution is 2.21. The molecule has 0 unspecified atom stereocenters. The topological polar surface area (TPSA) is 60.9 Å². The third kappa shape index (κ3) is 4.86. The molecule has 0 N–H and O–H groups in total. The Morgan fingerprint density at radius 2 is 1.66 bits per heavy atom. The zero-order valence-electron chi connectivity index (χ0n) is 17.6. The number of carbonyl (C=O) groups excluding carboxylic acids is 1. The molecule has 1 amide bonds. The Morgan fingerprint density at radius 1 is 0.966 bits per heavy atom. The Morgan fingerprint density at radius 3 is 2.28 bits per heavy atom. The quantitative estimate of drug-likeness (QED) is 0.753. The molecule has 2 aromatic carbocycles. The summed E-state index contributed by atoms with van der Waals surface area (Å²) in [6, 6.07) is 12.9. The van der Waals surface area contributed by atoms with Crippen LogP contribution in [-0.2, 0) is 16.6 Å². The molecule has 1 saturated heterocycles. The average molecular weight is 416 g/mol. The summed E-state index contributed by atoms with van der Waals surface area (Å²) in [5.74, 6) is -0.0175. The maximum absolute atomic E-state index is 13.0. The summed E-state index contributed by atoms with van der Waals surface area (Å²) in [6.45, 7) is 6.86. The Hall–Kier alpha value is -2.22. The van der Waals surface area contributed by atoms with E-state index in [1.54, 1.807) is 35.4 Å². The second kappa shape index (κ2) is 8.65. The minimum atomic E-state index is -3.47. The zero-order valence-corrected chi connectivity index (χ0v) is 18.4. The highest BCUT2D eigenvalue weighted by molar-refractivity contribution is 7.89. The minimum Gasteiger partial charge on any atom is -0.345 e. The second-order valence-electron chi connectivity index (χ2n) is 7.83. The van der Waals surface area contributed by atoms with Crippen LogP contribution < -0.4 is 0 Å². The van der Waals surface area contributed by atoms with Crippen molar-refractivity contribution in [2.45, 2.75) is 25.3 Å². The van der Waals surface area contributed by atoms with E-state index >= 15 is 0 Å². The van der Waals surface area contributed by atoms with Gasteiger partial charge in [-0.25, -0.2) is 8.42 Å². The first-order valence-corrected chi connectivity index (χ1v) is 11.2. The molecule has 1 aliphatic rings. The Balaban J connectivity index is 1.64. The van der Waals surface area contributed by atoms with Crippen LogP contribution >= 0.6 is 0 Å². The summed E-state index contributed by atoms with van der Waals surface area (Å²) in [5, 5.41) is 0. The first-order chi connectivity index (χ1) is 13.7. The molecule has 156 valence electrons. The van der Waals surface area contributed by atoms with Crippen molar-refractivity contribution in [2.75, 3.05) is 40.3 Å². The first kappa shape index (κ1) is 21.5. The summed E-state index contributed by atoms with van der Waals surface area (Å²) >= 11 is 0. The highest BCUT2D eigenvalue weighted by Gasteiger charge is 2.28. The van der Waals surface area contributed by atoms with E-state index in [2.05, 4.69) is 4.90 Å². The molecule has 0 aromatic heterocycles. The van der Waals surface area contributed by atoms with E-state index in [-0.39, 0.29) is 5.91 Å². The van der Waals surface area contributed by atoms with Gasteiger partial charge in [-0.05, 0) is 54.8 Å². The molecular weight excluding hydrogens is 386 g/mol. The predicted octanol–water partition coefficient (Wildman–Crippen LogP) is 2.51. The molecule has 7 heteroatoms. The summed E-state index contributed by atoms with van der Waals surface area (Å²) in [5.41, 5.74) is 3.80. The maximum Gasteiger partial charge on any atom is 0.253 e. The molecular formula is C22H29N3O3S. The van der Waals surface area contributed by atoms with Crippen LogP contribution in [0.2, 0.25) is 0 Å². The van der Waals surface area contributed by atoms with Crippen LogP contribution in [0.5, 0.6) is 0 Å². The molecule has 0 spiro atoms. The highest BCUT2D eigenvalue weighted by atomic mass is 32.2. The molecule has 0 atom stereocenters. The maximum atomic E-state index is 13.0. The van der Waals surface area contributed by atoms with Crippen molar-refractivity contribution >= 4 is 15.9 Å². The number of nitrogens with zero attached hydrogens (tertiary/aromatic N) is 3. The lowest BCUT2D eigenvalue weighted by molar-refractivity contribution is 0.0827. The van der Waals surface area contributed by atoms with E-state index in [0.29, 0.717) is 43.2 Å². The fraction of sp³-hybridized carbons (Fsp3) is 0.409. The number of amides is 1. The summed E-state index contributed by atoms with van der Waals surface area (Å²) < 4.78 is 27.5. The Labute approximate surface area is 173 Å². The number of aryl methyl sites for hydroxylation is 2. The lowest BCUT2D eigenvalue weighted by atomic mass is 10.1. The fourth-order valence-corrected chi connectivity index (χ4v) is 4.98. The number of piperazine rings is 1. The van der Waals surface area contributed by atoms with E-state index < -0.39 is 10.0 Å². The number of hydrogen-bond acceptors (Lipinski definition) is 4. The first-order valence-electron chi connectivity index (χ1n) is 9.79. The molecule has 1 heterocycles. The normalized spacial score (nSPS) is 16.0. The smallest absolute Gasteiger partial charge is 0.253 e. The van der Waals surface area contributed by atoms with Gasteiger partial charge in [-0.3, -0.25) is 9.69 Å². The van der Waals surface area contributed by atoms with Gasteiger partial charge in [0.05, 0.1) is 4.90 Å². The number of carbonyl (C=O) groups is 1. The van der Waals surface area contributed by atoms with Crippen LogP contribution in [0.4, 0.5) is 0 Å². The second-order valence-corrected chi connectivity index (χ2v) is 9.76. The molecule has 6 nitrogen and oxygen atoms in total. The van der Waals surface area contributed by atoms with Crippen molar-refractivity contribution < 1.29 is 13.2 Å². The van der Waals surface area contributed by atoms with Crippen LogP contribution in [0, 0.1) is 13.8 Å². The zero-order chi connectivity index (χ0) is 21.2. The van der Waals surface area contributed by atoms with E-state index in [0.717, 1.165) is 16.7 Å². The molecule has 1 aliphatic heterocycles. The molecule has 0 aliphatic carbocycles. The molecule has 2 aromatic rings. The summed E-state index contributed by atoms with van der Waals surface area (Å²) in [6.07, 6.45) is 0. The van der Waals surface area contributed by atoms with Gasteiger partial charge in [0.25, 0.3) is 5.91 Å². The number of hydrogen-bond donors (Lipinski definition) is 0. The lowest BCUT2D eigenvalue weighted by Gasteiger charge is -2.34. The lowest BCUT2D eigenvalue weighted by Crippen LogP contribution is -2.48. The van der Waals surface area contributed by atoms with Gasteiger partial charge in [-0.15, -0.1) is 0 Å². The van der Waals surface area contributed by atoms with Gasteiger partial charge in [0, 0.05) is 52.4 Å². The van der Waals surface area contributed by atoms with Crippen molar-refractivity contribution in [3.05, 3.63) is 64.7 Å². The van der Waals surface area contributed by atoms with E-state index in [4.69, 9.17) is 0 Å². The van der Waals surface area contributed by atoms with Gasteiger partial charge in [0.1, 0.15) is 0 Å². The Kier molecular flexibility index (Phi) is 6.41. The van der Waals surface area contributed by atoms with Crippen LogP contribution in [0.1, 0.15) is 27.0 Å². The van der Waals surface area contributed by atoms with Crippen LogP contribution in [0.3, 0.4) is 0 Å². The van der Waals surface area contributed by atoms with E-state index in [9.17, 15) is 13.2 Å². The van der Waals surface area contributed by atoms with Gasteiger partial charge in [-0.2, -0.15) is 4.31 Å². The van der Waals surface area contributed by atoms with Crippen molar-refractivity contribution in [3.8, 4) is 0 Å². The molecule has 29 heavy (non-hydrogen) atoms. The molecule has 1 fully saturated rings. The third-order valence-corrected chi connectivity index (χ3v) is 7.33. The van der Waals surface area contributed by atoms with Gasteiger partial charge >= 0.3 is 0 Å².